The van der Waals surface area contributed by atoms with Crippen LogP contribution in [-0.4, -0.2) is 44.6 Å². The minimum absolute atomic E-state index is 0.0953. The number of urea groups is 1. The largest absolute Gasteiger partial charge is 0.481 e. The SMILES string of the molecule is CC(CC(=O)O)NC(=O)N(C)Cc1nccn1C. The first-order chi connectivity index (χ1) is 8.40. The van der Waals surface area contributed by atoms with Gasteiger partial charge in [-0.25, -0.2) is 9.78 Å². The Bertz CT molecular complexity index is 430. The fraction of sp³-hybridized carbons (Fsp3) is 0.545. The van der Waals surface area contributed by atoms with Crippen LogP contribution in [0.25, 0.3) is 0 Å². The van der Waals surface area contributed by atoms with E-state index in [9.17, 15) is 9.59 Å². The highest BCUT2D eigenvalue weighted by Crippen LogP contribution is 2.00. The van der Waals surface area contributed by atoms with Gasteiger partial charge in [0, 0.05) is 32.5 Å². The van der Waals surface area contributed by atoms with E-state index in [-0.39, 0.29) is 12.5 Å². The summed E-state index contributed by atoms with van der Waals surface area (Å²) >= 11 is 0. The molecule has 1 heterocycles. The Labute approximate surface area is 105 Å². The Hall–Kier alpha value is -2.05. The number of hydrogen-bond acceptors (Lipinski definition) is 3. The van der Waals surface area contributed by atoms with Gasteiger partial charge >= 0.3 is 12.0 Å². The van der Waals surface area contributed by atoms with E-state index >= 15 is 0 Å². The zero-order valence-electron chi connectivity index (χ0n) is 10.8. The molecule has 0 bridgehead atoms. The van der Waals surface area contributed by atoms with Gasteiger partial charge in [-0.3, -0.25) is 4.79 Å². The van der Waals surface area contributed by atoms with Crippen molar-refractivity contribution in [2.45, 2.75) is 25.9 Å². The Morgan fingerprint density at radius 1 is 1.61 bits per heavy atom. The Balaban J connectivity index is 2.47. The number of rotatable bonds is 5. The molecule has 7 heteroatoms. The van der Waals surface area contributed by atoms with E-state index in [1.807, 2.05) is 11.6 Å². The topological polar surface area (TPSA) is 87.5 Å². The molecule has 2 N–H and O–H groups in total. The zero-order valence-corrected chi connectivity index (χ0v) is 10.8. The van der Waals surface area contributed by atoms with E-state index in [2.05, 4.69) is 10.3 Å². The molecule has 2 amide bonds. The summed E-state index contributed by atoms with van der Waals surface area (Å²) < 4.78 is 1.82. The molecule has 7 nitrogen and oxygen atoms in total. The number of carboxylic acid groups (broad SMARTS) is 1. The lowest BCUT2D eigenvalue weighted by molar-refractivity contribution is -0.137. The molecule has 0 spiro atoms. The van der Waals surface area contributed by atoms with Gasteiger partial charge < -0.3 is 19.9 Å². The van der Waals surface area contributed by atoms with Gasteiger partial charge in [-0.1, -0.05) is 0 Å². The van der Waals surface area contributed by atoms with Crippen molar-refractivity contribution >= 4 is 12.0 Å². The Morgan fingerprint density at radius 3 is 2.78 bits per heavy atom. The molecule has 0 radical (unpaired) electrons. The lowest BCUT2D eigenvalue weighted by Crippen LogP contribution is -2.42. The molecule has 0 aliphatic carbocycles. The molecule has 0 saturated carbocycles. The van der Waals surface area contributed by atoms with Crippen LogP contribution < -0.4 is 5.32 Å². The number of amides is 2. The molecule has 1 aromatic rings. The number of carboxylic acids is 1. The van der Waals surface area contributed by atoms with Gasteiger partial charge in [0.2, 0.25) is 0 Å². The van der Waals surface area contributed by atoms with E-state index in [4.69, 9.17) is 5.11 Å². The van der Waals surface area contributed by atoms with Gasteiger partial charge in [-0.15, -0.1) is 0 Å². The predicted molar refractivity (Wildman–Crippen MR) is 64.9 cm³/mol. The number of aromatic nitrogens is 2. The average molecular weight is 254 g/mol. The third-order valence-corrected chi connectivity index (χ3v) is 2.50. The van der Waals surface area contributed by atoms with Crippen LogP contribution in [0.4, 0.5) is 4.79 Å². The van der Waals surface area contributed by atoms with Crippen molar-refractivity contribution in [3.05, 3.63) is 18.2 Å². The minimum atomic E-state index is -0.936. The molecule has 100 valence electrons. The third kappa shape index (κ3) is 4.08. The van der Waals surface area contributed by atoms with Crippen LogP contribution >= 0.6 is 0 Å². The summed E-state index contributed by atoms with van der Waals surface area (Å²) in [6, 6.07) is -0.717. The molecule has 1 rings (SSSR count). The van der Waals surface area contributed by atoms with E-state index in [0.29, 0.717) is 6.54 Å². The van der Waals surface area contributed by atoms with Gasteiger partial charge in [0.05, 0.1) is 13.0 Å². The fourth-order valence-corrected chi connectivity index (χ4v) is 1.47. The molecule has 1 atom stereocenters. The van der Waals surface area contributed by atoms with Crippen molar-refractivity contribution in [1.29, 1.82) is 0 Å². The highest BCUT2D eigenvalue weighted by molar-refractivity contribution is 5.75. The molecule has 1 unspecified atom stereocenters. The monoisotopic (exact) mass is 254 g/mol. The van der Waals surface area contributed by atoms with Crippen molar-refractivity contribution in [2.24, 2.45) is 7.05 Å². The summed E-state index contributed by atoms with van der Waals surface area (Å²) in [6.45, 7) is 2.02. The third-order valence-electron chi connectivity index (χ3n) is 2.50. The summed E-state index contributed by atoms with van der Waals surface area (Å²) in [4.78, 5) is 27.8. The number of hydrogen-bond donors (Lipinski definition) is 2. The summed E-state index contributed by atoms with van der Waals surface area (Å²) in [5.41, 5.74) is 0. The standard InChI is InChI=1S/C11H18N4O3/c1-8(6-10(16)17)13-11(18)15(3)7-9-12-4-5-14(9)2/h4-5,8H,6-7H2,1-3H3,(H,13,18)(H,16,17). The highest BCUT2D eigenvalue weighted by Gasteiger charge is 2.15. The number of carbonyl (C=O) groups excluding carboxylic acids is 1. The van der Waals surface area contributed by atoms with Crippen molar-refractivity contribution in [3.8, 4) is 0 Å². The molecule has 18 heavy (non-hydrogen) atoms. The predicted octanol–water partition coefficient (Wildman–Crippen LogP) is 0.425. The van der Waals surface area contributed by atoms with Crippen molar-refractivity contribution in [1.82, 2.24) is 19.8 Å². The number of nitrogens with zero attached hydrogens (tertiary/aromatic N) is 3. The lowest BCUT2D eigenvalue weighted by atomic mass is 10.2. The smallest absolute Gasteiger partial charge is 0.317 e. The number of imidazole rings is 1. The number of carbonyl (C=O) groups is 2. The number of aryl methyl sites for hydroxylation is 1. The fourth-order valence-electron chi connectivity index (χ4n) is 1.47. The second-order valence-electron chi connectivity index (χ2n) is 4.26. The van der Waals surface area contributed by atoms with Crippen LogP contribution in [0.2, 0.25) is 0 Å². The van der Waals surface area contributed by atoms with Gasteiger partial charge in [-0.05, 0) is 6.92 Å². The molecular formula is C11H18N4O3. The van der Waals surface area contributed by atoms with Crippen molar-refractivity contribution in [2.75, 3.05) is 7.05 Å². The van der Waals surface area contributed by atoms with Gasteiger partial charge in [0.25, 0.3) is 0 Å². The molecule has 0 aliphatic rings. The lowest BCUT2D eigenvalue weighted by Gasteiger charge is -2.20. The quantitative estimate of drug-likeness (QED) is 0.797. The number of nitrogens with one attached hydrogen (secondary N) is 1. The second-order valence-corrected chi connectivity index (χ2v) is 4.26. The first-order valence-electron chi connectivity index (χ1n) is 5.59. The van der Waals surface area contributed by atoms with Crippen LogP contribution in [-0.2, 0) is 18.4 Å². The van der Waals surface area contributed by atoms with Crippen molar-refractivity contribution < 1.29 is 14.7 Å². The maximum atomic E-state index is 11.8. The van der Waals surface area contributed by atoms with Crippen molar-refractivity contribution in [3.63, 3.8) is 0 Å². The molecule has 0 aliphatic heterocycles. The van der Waals surface area contributed by atoms with Gasteiger partial charge in [-0.2, -0.15) is 0 Å². The second kappa shape index (κ2) is 6.04. The molecule has 0 saturated heterocycles. The summed E-state index contributed by atoms with van der Waals surface area (Å²) in [5, 5.41) is 11.2. The van der Waals surface area contributed by atoms with E-state index < -0.39 is 12.0 Å². The van der Waals surface area contributed by atoms with E-state index in [0.717, 1.165) is 5.82 Å². The Kier molecular flexibility index (Phi) is 4.70. The van der Waals surface area contributed by atoms with Crippen LogP contribution in [0.1, 0.15) is 19.2 Å². The molecule has 1 aromatic heterocycles. The summed E-state index contributed by atoms with van der Waals surface area (Å²) in [7, 11) is 3.48. The van der Waals surface area contributed by atoms with Crippen LogP contribution in [0, 0.1) is 0 Å². The normalized spacial score (nSPS) is 11.9. The highest BCUT2D eigenvalue weighted by atomic mass is 16.4. The summed E-state index contributed by atoms with van der Waals surface area (Å²) in [6.07, 6.45) is 3.37. The first-order valence-corrected chi connectivity index (χ1v) is 5.59. The number of aliphatic carboxylic acids is 1. The zero-order chi connectivity index (χ0) is 13.7. The maximum Gasteiger partial charge on any atom is 0.317 e. The van der Waals surface area contributed by atoms with E-state index in [1.54, 1.807) is 26.4 Å². The maximum absolute atomic E-state index is 11.8. The molecule has 0 fully saturated rings. The first kappa shape index (κ1) is 14.0. The van der Waals surface area contributed by atoms with Crippen LogP contribution in [0.5, 0.6) is 0 Å². The van der Waals surface area contributed by atoms with E-state index in [1.165, 1.54) is 4.90 Å². The van der Waals surface area contributed by atoms with Gasteiger partial charge in [0.15, 0.2) is 0 Å². The Morgan fingerprint density at radius 2 is 2.28 bits per heavy atom. The summed E-state index contributed by atoms with van der Waals surface area (Å²) in [5.74, 6) is -0.173. The van der Waals surface area contributed by atoms with Crippen LogP contribution in [0.3, 0.4) is 0 Å². The van der Waals surface area contributed by atoms with Crippen LogP contribution in [0.15, 0.2) is 12.4 Å². The van der Waals surface area contributed by atoms with Gasteiger partial charge in [0.1, 0.15) is 5.82 Å². The average Bonchev–Trinajstić information content (AvgIpc) is 2.62. The molecule has 0 aromatic carbocycles. The minimum Gasteiger partial charge on any atom is -0.481 e. The molecular weight excluding hydrogens is 236 g/mol.